The zero-order valence-corrected chi connectivity index (χ0v) is 14.1. The first kappa shape index (κ1) is 18.1. The van der Waals surface area contributed by atoms with Gasteiger partial charge in [0.2, 0.25) is 0 Å². The van der Waals surface area contributed by atoms with Crippen LogP contribution in [0, 0.1) is 11.3 Å². The van der Waals surface area contributed by atoms with Gasteiger partial charge in [-0.1, -0.05) is 11.6 Å². The Kier molecular flexibility index (Phi) is 5.36. The first-order valence-corrected chi connectivity index (χ1v) is 7.52. The van der Waals surface area contributed by atoms with Crippen molar-refractivity contribution in [1.82, 2.24) is 5.43 Å². The smallest absolute Gasteiger partial charge is 0.298 e. The predicted octanol–water partition coefficient (Wildman–Crippen LogP) is 4.75. The Balaban J connectivity index is 2.21. The third kappa shape index (κ3) is 4.19. The Labute approximate surface area is 148 Å². The molecular weight excluding hydrogens is 411 g/mol. The summed E-state index contributed by atoms with van der Waals surface area (Å²) < 4.78 is 39.6. The second kappa shape index (κ2) is 7.11. The zero-order valence-electron chi connectivity index (χ0n) is 11.7. The van der Waals surface area contributed by atoms with Crippen LogP contribution in [0.1, 0.15) is 21.5 Å². The van der Waals surface area contributed by atoms with Gasteiger partial charge in [-0.05, 0) is 52.3 Å². The van der Waals surface area contributed by atoms with Crippen LogP contribution >= 0.6 is 27.5 Å². The van der Waals surface area contributed by atoms with Gasteiger partial charge in [-0.25, -0.2) is 0 Å². The molecule has 0 aromatic heterocycles. The molecule has 2 rings (SSSR count). The van der Waals surface area contributed by atoms with E-state index in [-0.39, 0.29) is 16.8 Å². The maximum absolute atomic E-state index is 13.0. The lowest BCUT2D eigenvalue weighted by Crippen LogP contribution is -2.30. The molecule has 0 atom stereocenters. The molecule has 124 valence electrons. The number of anilines is 1. The van der Waals surface area contributed by atoms with Crippen LogP contribution in [0.5, 0.6) is 0 Å². The summed E-state index contributed by atoms with van der Waals surface area (Å²) in [5.41, 5.74) is 3.03. The maximum Gasteiger partial charge on any atom is 0.418 e. The van der Waals surface area contributed by atoms with Gasteiger partial charge in [0.25, 0.3) is 5.91 Å². The normalized spacial score (nSPS) is 10.8. The zero-order chi connectivity index (χ0) is 17.9. The van der Waals surface area contributed by atoms with E-state index in [1.807, 2.05) is 0 Å². The van der Waals surface area contributed by atoms with Crippen LogP contribution in [0.2, 0.25) is 5.02 Å². The highest BCUT2D eigenvalue weighted by Gasteiger charge is 2.34. The molecule has 0 aliphatic heterocycles. The molecule has 0 unspecified atom stereocenters. The number of nitrogens with zero attached hydrogens (tertiary/aromatic N) is 1. The molecule has 1 amide bonds. The largest absolute Gasteiger partial charge is 0.418 e. The minimum Gasteiger partial charge on any atom is -0.298 e. The standard InChI is InChI=1S/C15H8BrClF3N3O/c16-11-6-9(2-3-12(11)17)14(24)23-22-13-4-1-8(7-21)5-10(13)15(18,19)20/h1-6,22H,(H,23,24). The van der Waals surface area contributed by atoms with Gasteiger partial charge >= 0.3 is 6.18 Å². The summed E-state index contributed by atoms with van der Waals surface area (Å²) in [6, 6.07) is 8.95. The number of carbonyl (C=O) groups is 1. The van der Waals surface area contributed by atoms with Gasteiger partial charge in [-0.15, -0.1) is 0 Å². The molecule has 24 heavy (non-hydrogen) atoms. The fourth-order valence-corrected chi connectivity index (χ4v) is 2.29. The summed E-state index contributed by atoms with van der Waals surface area (Å²) in [6.45, 7) is 0. The number of amides is 1. The number of rotatable bonds is 3. The van der Waals surface area contributed by atoms with Crippen molar-refractivity contribution in [3.05, 3.63) is 62.6 Å². The van der Waals surface area contributed by atoms with E-state index < -0.39 is 17.6 Å². The molecular formula is C15H8BrClF3N3O. The highest BCUT2D eigenvalue weighted by Crippen LogP contribution is 2.35. The van der Waals surface area contributed by atoms with Gasteiger partial charge < -0.3 is 0 Å². The van der Waals surface area contributed by atoms with E-state index in [1.165, 1.54) is 24.3 Å². The minimum atomic E-state index is -4.68. The number of halogens is 5. The number of nitriles is 1. The van der Waals surface area contributed by atoms with Crippen molar-refractivity contribution in [2.24, 2.45) is 0 Å². The van der Waals surface area contributed by atoms with Crippen molar-refractivity contribution in [1.29, 1.82) is 5.26 Å². The highest BCUT2D eigenvalue weighted by atomic mass is 79.9. The molecule has 0 saturated heterocycles. The topological polar surface area (TPSA) is 64.9 Å². The van der Waals surface area contributed by atoms with E-state index in [4.69, 9.17) is 16.9 Å². The lowest BCUT2D eigenvalue weighted by molar-refractivity contribution is -0.137. The van der Waals surface area contributed by atoms with Crippen LogP contribution in [-0.2, 0) is 6.18 Å². The van der Waals surface area contributed by atoms with Gasteiger partial charge in [0, 0.05) is 10.0 Å². The molecule has 0 radical (unpaired) electrons. The average molecular weight is 419 g/mol. The van der Waals surface area contributed by atoms with Crippen LogP contribution in [0.3, 0.4) is 0 Å². The molecule has 9 heteroatoms. The molecule has 0 bridgehead atoms. The van der Waals surface area contributed by atoms with Crippen molar-refractivity contribution in [2.75, 3.05) is 5.43 Å². The number of hydrogen-bond acceptors (Lipinski definition) is 3. The molecule has 2 aromatic rings. The Bertz CT molecular complexity index is 834. The summed E-state index contributed by atoms with van der Waals surface area (Å²) in [5, 5.41) is 9.11. The van der Waals surface area contributed by atoms with E-state index in [0.717, 1.165) is 6.07 Å². The molecule has 0 aliphatic carbocycles. The van der Waals surface area contributed by atoms with Crippen LogP contribution in [-0.4, -0.2) is 5.91 Å². The van der Waals surface area contributed by atoms with E-state index in [0.29, 0.717) is 15.6 Å². The third-order valence-corrected chi connectivity index (χ3v) is 4.16. The number of alkyl halides is 3. The van der Waals surface area contributed by atoms with Crippen LogP contribution in [0.25, 0.3) is 0 Å². The summed E-state index contributed by atoms with van der Waals surface area (Å²) >= 11 is 8.96. The first-order valence-electron chi connectivity index (χ1n) is 6.35. The van der Waals surface area contributed by atoms with Crippen LogP contribution in [0.15, 0.2) is 40.9 Å². The van der Waals surface area contributed by atoms with Gasteiger partial charge in [-0.3, -0.25) is 15.6 Å². The molecule has 0 aliphatic rings. The maximum atomic E-state index is 13.0. The Morgan fingerprint density at radius 2 is 1.92 bits per heavy atom. The molecule has 0 saturated carbocycles. The monoisotopic (exact) mass is 417 g/mol. The first-order chi connectivity index (χ1) is 11.2. The van der Waals surface area contributed by atoms with Gasteiger partial charge in [-0.2, -0.15) is 18.4 Å². The lowest BCUT2D eigenvalue weighted by atomic mass is 10.1. The van der Waals surface area contributed by atoms with Crippen molar-refractivity contribution in [2.45, 2.75) is 6.18 Å². The van der Waals surface area contributed by atoms with Gasteiger partial charge in [0.15, 0.2) is 0 Å². The SMILES string of the molecule is N#Cc1ccc(NNC(=O)c2ccc(Cl)c(Br)c2)c(C(F)(F)F)c1. The Morgan fingerprint density at radius 3 is 2.50 bits per heavy atom. The number of benzene rings is 2. The molecule has 4 nitrogen and oxygen atoms in total. The number of hydrogen-bond donors (Lipinski definition) is 2. The second-order valence-electron chi connectivity index (χ2n) is 4.58. The fraction of sp³-hybridized carbons (Fsp3) is 0.0667. The number of nitrogens with one attached hydrogen (secondary N) is 2. The van der Waals surface area contributed by atoms with E-state index in [2.05, 4.69) is 26.8 Å². The van der Waals surface area contributed by atoms with Crippen molar-refractivity contribution >= 4 is 39.1 Å². The molecule has 0 fully saturated rings. The molecule has 2 N–H and O–H groups in total. The lowest BCUT2D eigenvalue weighted by Gasteiger charge is -2.15. The molecule has 0 heterocycles. The summed E-state index contributed by atoms with van der Waals surface area (Å²) in [5.74, 6) is -0.648. The van der Waals surface area contributed by atoms with Crippen molar-refractivity contribution in [3.8, 4) is 6.07 Å². The molecule has 0 spiro atoms. The summed E-state index contributed by atoms with van der Waals surface area (Å²) in [6.07, 6.45) is -4.68. The number of carbonyl (C=O) groups excluding carboxylic acids is 1. The Morgan fingerprint density at radius 1 is 1.21 bits per heavy atom. The van der Waals surface area contributed by atoms with Crippen molar-refractivity contribution < 1.29 is 18.0 Å². The van der Waals surface area contributed by atoms with E-state index in [1.54, 1.807) is 6.07 Å². The number of hydrazine groups is 1. The highest BCUT2D eigenvalue weighted by molar-refractivity contribution is 9.10. The molecule has 2 aromatic carbocycles. The summed E-state index contributed by atoms with van der Waals surface area (Å²) in [4.78, 5) is 12.0. The van der Waals surface area contributed by atoms with E-state index in [9.17, 15) is 18.0 Å². The Hall–Kier alpha value is -2.24. The third-order valence-electron chi connectivity index (χ3n) is 2.95. The fourth-order valence-electron chi connectivity index (χ4n) is 1.79. The summed E-state index contributed by atoms with van der Waals surface area (Å²) in [7, 11) is 0. The predicted molar refractivity (Wildman–Crippen MR) is 86.4 cm³/mol. The van der Waals surface area contributed by atoms with Gasteiger partial charge in [0.05, 0.1) is 27.9 Å². The van der Waals surface area contributed by atoms with E-state index >= 15 is 0 Å². The second-order valence-corrected chi connectivity index (χ2v) is 5.84. The average Bonchev–Trinajstić information content (AvgIpc) is 2.54. The van der Waals surface area contributed by atoms with Gasteiger partial charge in [0.1, 0.15) is 0 Å². The van der Waals surface area contributed by atoms with Crippen molar-refractivity contribution in [3.63, 3.8) is 0 Å². The van der Waals surface area contributed by atoms with Crippen LogP contribution < -0.4 is 10.9 Å². The minimum absolute atomic E-state index is 0.138. The van der Waals surface area contributed by atoms with Crippen LogP contribution in [0.4, 0.5) is 18.9 Å². The quantitative estimate of drug-likeness (QED) is 0.707.